The lowest BCUT2D eigenvalue weighted by Gasteiger charge is -2.23. The summed E-state index contributed by atoms with van der Waals surface area (Å²) in [6.45, 7) is 2.43. The Labute approximate surface area is 258 Å². The number of nitrogens with zero attached hydrogens (tertiary/aromatic N) is 4. The number of methoxy groups -OCH3 is 1. The number of hydrogen-bond acceptors (Lipinski definition) is 9. The molecule has 0 unspecified atom stereocenters. The summed E-state index contributed by atoms with van der Waals surface area (Å²) in [6, 6.07) is 24.9. The molecule has 1 atom stereocenters. The van der Waals surface area contributed by atoms with Crippen molar-refractivity contribution >= 4 is 49.4 Å². The molecule has 11 heteroatoms. The second kappa shape index (κ2) is 12.3. The Balaban J connectivity index is 1.14. The average molecular weight is 606 g/mol. The highest BCUT2D eigenvalue weighted by Gasteiger charge is 2.21. The molecule has 1 saturated heterocycles. The lowest BCUT2D eigenvalue weighted by Crippen LogP contribution is -2.38. The van der Waals surface area contributed by atoms with E-state index in [0.717, 1.165) is 64.3 Å². The van der Waals surface area contributed by atoms with Crippen molar-refractivity contribution in [1.82, 2.24) is 25.1 Å². The third-order valence-corrected chi connectivity index (χ3v) is 8.53. The van der Waals surface area contributed by atoms with Gasteiger partial charge in [0.25, 0.3) is 5.91 Å². The first-order chi connectivity index (χ1) is 21.6. The molecule has 0 radical (unpaired) electrons. The van der Waals surface area contributed by atoms with Gasteiger partial charge in [0.1, 0.15) is 22.6 Å². The molecule has 3 aromatic heterocycles. The number of ether oxygens (including phenoxy) is 2. The van der Waals surface area contributed by atoms with Crippen LogP contribution in [0.2, 0.25) is 0 Å². The van der Waals surface area contributed by atoms with Gasteiger partial charge in [0.2, 0.25) is 0 Å². The standard InChI is InChI=1S/C33H31N7O3S/c1-42-24-12-8-21(9-13-24)20-40-31-29(30(39-40)36-23-5-4-17-34-19-23)27(16-18-35-31)43-25-14-10-22(11-15-25)32(41)38-33-37-26-6-2-3-7-28(26)44-33/h2-3,6-16,18,23,34H,4-5,17,19-20H2,1H3,(H,36,39)(H,37,38,41)/t23-/m1/s1. The first-order valence-electron chi connectivity index (χ1n) is 14.5. The molecule has 1 aliphatic rings. The summed E-state index contributed by atoms with van der Waals surface area (Å²) in [7, 11) is 1.66. The van der Waals surface area contributed by atoms with Crippen LogP contribution in [0, 0.1) is 0 Å². The van der Waals surface area contributed by atoms with Crippen molar-refractivity contribution in [2.75, 3.05) is 30.8 Å². The van der Waals surface area contributed by atoms with Crippen molar-refractivity contribution in [2.24, 2.45) is 0 Å². The summed E-state index contributed by atoms with van der Waals surface area (Å²) in [5.74, 6) is 2.54. The topological polar surface area (TPSA) is 115 Å². The Bertz CT molecular complexity index is 1880. The number of pyridine rings is 1. The van der Waals surface area contributed by atoms with E-state index in [9.17, 15) is 4.79 Å². The molecule has 0 bridgehead atoms. The maximum atomic E-state index is 12.9. The van der Waals surface area contributed by atoms with Gasteiger partial charge in [-0.3, -0.25) is 10.1 Å². The number of hydrogen-bond donors (Lipinski definition) is 3. The van der Waals surface area contributed by atoms with E-state index in [4.69, 9.17) is 19.6 Å². The lowest BCUT2D eigenvalue weighted by atomic mass is 10.1. The zero-order valence-electron chi connectivity index (χ0n) is 24.1. The van der Waals surface area contributed by atoms with Crippen LogP contribution in [0.15, 0.2) is 85.1 Å². The molecule has 44 heavy (non-hydrogen) atoms. The number of fused-ring (bicyclic) bond motifs is 2. The molecule has 4 heterocycles. The SMILES string of the molecule is COc1ccc(Cn2nc(N[C@@H]3CCCNC3)c3c(Oc4ccc(C(=O)Nc5nc6ccccc6s5)cc4)ccnc32)cc1. The normalized spacial score (nSPS) is 14.9. The number of para-hydroxylation sites is 1. The molecule has 1 amide bonds. The highest BCUT2D eigenvalue weighted by molar-refractivity contribution is 7.22. The first-order valence-corrected chi connectivity index (χ1v) is 15.3. The summed E-state index contributed by atoms with van der Waals surface area (Å²) >= 11 is 1.45. The first kappa shape index (κ1) is 27.8. The predicted octanol–water partition coefficient (Wildman–Crippen LogP) is 6.31. The van der Waals surface area contributed by atoms with E-state index >= 15 is 0 Å². The molecular formula is C33H31N7O3S. The van der Waals surface area contributed by atoms with E-state index < -0.39 is 0 Å². The van der Waals surface area contributed by atoms with Gasteiger partial charge in [-0.2, -0.15) is 5.10 Å². The number of anilines is 2. The Hall–Kier alpha value is -5.00. The zero-order chi connectivity index (χ0) is 29.9. The van der Waals surface area contributed by atoms with Crippen molar-refractivity contribution in [3.05, 3.63) is 96.2 Å². The third kappa shape index (κ3) is 5.92. The Morgan fingerprint density at radius 1 is 1.05 bits per heavy atom. The molecule has 222 valence electrons. The molecule has 0 saturated carbocycles. The van der Waals surface area contributed by atoms with Crippen LogP contribution in [0.5, 0.6) is 17.2 Å². The second-order valence-electron chi connectivity index (χ2n) is 10.6. The van der Waals surface area contributed by atoms with Crippen LogP contribution in [-0.2, 0) is 6.54 Å². The lowest BCUT2D eigenvalue weighted by molar-refractivity contribution is 0.102. The van der Waals surface area contributed by atoms with Crippen LogP contribution in [0.4, 0.5) is 10.9 Å². The summed E-state index contributed by atoms with van der Waals surface area (Å²) < 4.78 is 14.6. The van der Waals surface area contributed by atoms with Crippen molar-refractivity contribution in [2.45, 2.75) is 25.4 Å². The van der Waals surface area contributed by atoms with Crippen LogP contribution in [0.3, 0.4) is 0 Å². The van der Waals surface area contributed by atoms with Gasteiger partial charge in [0, 0.05) is 30.4 Å². The maximum absolute atomic E-state index is 12.9. The van der Waals surface area contributed by atoms with Crippen molar-refractivity contribution in [3.63, 3.8) is 0 Å². The number of benzene rings is 3. The number of piperidine rings is 1. The maximum Gasteiger partial charge on any atom is 0.257 e. The average Bonchev–Trinajstić information content (AvgIpc) is 3.63. The molecule has 0 aliphatic carbocycles. The Kier molecular flexibility index (Phi) is 7.78. The molecule has 10 nitrogen and oxygen atoms in total. The van der Waals surface area contributed by atoms with E-state index in [1.807, 2.05) is 59.3 Å². The molecule has 0 spiro atoms. The van der Waals surface area contributed by atoms with E-state index in [2.05, 4.69) is 20.9 Å². The van der Waals surface area contributed by atoms with Crippen LogP contribution in [-0.4, -0.2) is 51.9 Å². The summed E-state index contributed by atoms with van der Waals surface area (Å²) in [4.78, 5) is 22.1. The molecule has 3 N–H and O–H groups in total. The van der Waals surface area contributed by atoms with E-state index in [0.29, 0.717) is 28.7 Å². The Morgan fingerprint density at radius 3 is 2.64 bits per heavy atom. The Morgan fingerprint density at radius 2 is 1.86 bits per heavy atom. The van der Waals surface area contributed by atoms with E-state index in [-0.39, 0.29) is 11.9 Å². The van der Waals surface area contributed by atoms with Crippen molar-refractivity contribution in [1.29, 1.82) is 0 Å². The number of rotatable bonds is 9. The highest BCUT2D eigenvalue weighted by Crippen LogP contribution is 2.35. The number of carbonyl (C=O) groups excluding carboxylic acids is 1. The minimum Gasteiger partial charge on any atom is -0.497 e. The monoisotopic (exact) mass is 605 g/mol. The number of thiazole rings is 1. The molecular weight excluding hydrogens is 574 g/mol. The summed E-state index contributed by atoms with van der Waals surface area (Å²) in [5, 5.41) is 16.3. The number of carbonyl (C=O) groups is 1. The third-order valence-electron chi connectivity index (χ3n) is 7.58. The minimum absolute atomic E-state index is 0.228. The number of amides is 1. The van der Waals surface area contributed by atoms with Crippen LogP contribution < -0.4 is 25.4 Å². The van der Waals surface area contributed by atoms with Crippen LogP contribution >= 0.6 is 11.3 Å². The zero-order valence-corrected chi connectivity index (χ0v) is 24.9. The fraction of sp³-hybridized carbons (Fsp3) is 0.212. The largest absolute Gasteiger partial charge is 0.497 e. The van der Waals surface area contributed by atoms with Gasteiger partial charge in [0.15, 0.2) is 16.6 Å². The number of nitrogens with one attached hydrogen (secondary N) is 3. The second-order valence-corrected chi connectivity index (χ2v) is 11.6. The van der Waals surface area contributed by atoms with Crippen LogP contribution in [0.1, 0.15) is 28.8 Å². The van der Waals surface area contributed by atoms with Gasteiger partial charge in [-0.15, -0.1) is 0 Å². The van der Waals surface area contributed by atoms with Crippen molar-refractivity contribution in [3.8, 4) is 17.2 Å². The van der Waals surface area contributed by atoms with E-state index in [1.165, 1.54) is 11.3 Å². The fourth-order valence-electron chi connectivity index (χ4n) is 5.33. The summed E-state index contributed by atoms with van der Waals surface area (Å²) in [6.07, 6.45) is 3.88. The quantitative estimate of drug-likeness (QED) is 0.176. The van der Waals surface area contributed by atoms with Crippen molar-refractivity contribution < 1.29 is 14.3 Å². The summed E-state index contributed by atoms with van der Waals surface area (Å²) in [5.41, 5.74) is 3.17. The predicted molar refractivity (Wildman–Crippen MR) is 173 cm³/mol. The van der Waals surface area contributed by atoms with Gasteiger partial charge in [-0.25, -0.2) is 14.6 Å². The fourth-order valence-corrected chi connectivity index (χ4v) is 6.20. The molecule has 7 rings (SSSR count). The van der Waals surface area contributed by atoms with Gasteiger partial charge < -0.3 is 20.1 Å². The van der Waals surface area contributed by atoms with Gasteiger partial charge >= 0.3 is 0 Å². The van der Waals surface area contributed by atoms with E-state index in [1.54, 1.807) is 37.6 Å². The highest BCUT2D eigenvalue weighted by atomic mass is 32.1. The molecule has 1 fully saturated rings. The van der Waals surface area contributed by atoms with Gasteiger partial charge in [-0.05, 0) is 73.5 Å². The molecule has 1 aliphatic heterocycles. The van der Waals surface area contributed by atoms with Gasteiger partial charge in [0.05, 0.1) is 23.9 Å². The molecule has 3 aromatic carbocycles. The van der Waals surface area contributed by atoms with Crippen LogP contribution in [0.25, 0.3) is 21.3 Å². The van der Waals surface area contributed by atoms with Gasteiger partial charge in [-0.1, -0.05) is 35.6 Å². The minimum atomic E-state index is -0.228. The molecule has 6 aromatic rings. The number of aromatic nitrogens is 4. The smallest absolute Gasteiger partial charge is 0.257 e.